The van der Waals surface area contributed by atoms with Gasteiger partial charge in [-0.1, -0.05) is 0 Å². The Hall–Kier alpha value is -1.27. The molecular weight excluding hydrogens is 222 g/mol. The van der Waals surface area contributed by atoms with Crippen molar-refractivity contribution >= 4 is 11.3 Å². The zero-order chi connectivity index (χ0) is 11.5. The van der Waals surface area contributed by atoms with Crippen molar-refractivity contribution in [2.75, 3.05) is 0 Å². The minimum atomic E-state index is 0.247. The average molecular weight is 237 g/mol. The lowest BCUT2D eigenvalue weighted by molar-refractivity contribution is 0.545. The zero-order valence-electron chi connectivity index (χ0n) is 9.64. The highest BCUT2D eigenvalue weighted by Crippen LogP contribution is 2.14. The van der Waals surface area contributed by atoms with Crippen LogP contribution < -0.4 is 5.32 Å². The van der Waals surface area contributed by atoms with E-state index in [0.717, 1.165) is 16.7 Å². The van der Waals surface area contributed by atoms with Crippen LogP contribution in [0, 0.1) is 6.92 Å². The highest BCUT2D eigenvalue weighted by Gasteiger charge is 2.10. The van der Waals surface area contributed by atoms with Crippen molar-refractivity contribution in [3.8, 4) is 0 Å². The fraction of sp³-hybridized carbons (Fsp3) is 0.500. The van der Waals surface area contributed by atoms with Gasteiger partial charge in [-0.2, -0.15) is 0 Å². The van der Waals surface area contributed by atoms with Crippen LogP contribution in [0.3, 0.4) is 0 Å². The summed E-state index contributed by atoms with van der Waals surface area (Å²) in [5, 5.41) is 14.6. The first-order valence-corrected chi connectivity index (χ1v) is 6.04. The largest absolute Gasteiger partial charge is 0.317 e. The fourth-order valence-electron chi connectivity index (χ4n) is 1.38. The molecular formula is C10H15N5S. The molecule has 0 amide bonds. The Kier molecular flexibility index (Phi) is 3.31. The van der Waals surface area contributed by atoms with Crippen molar-refractivity contribution in [3.05, 3.63) is 28.2 Å². The molecule has 0 aliphatic carbocycles. The first-order valence-electron chi connectivity index (χ1n) is 5.16. The molecule has 1 unspecified atom stereocenters. The summed E-state index contributed by atoms with van der Waals surface area (Å²) < 4.78 is 1.99. The van der Waals surface area contributed by atoms with Crippen molar-refractivity contribution in [1.82, 2.24) is 25.1 Å². The third-order valence-electron chi connectivity index (χ3n) is 2.57. The van der Waals surface area contributed by atoms with Crippen LogP contribution in [0.2, 0.25) is 0 Å². The van der Waals surface area contributed by atoms with E-state index in [1.807, 2.05) is 30.1 Å². The van der Waals surface area contributed by atoms with E-state index in [1.54, 1.807) is 11.3 Å². The topological polar surface area (TPSA) is 55.6 Å². The molecule has 5 nitrogen and oxygen atoms in total. The Morgan fingerprint density at radius 1 is 1.50 bits per heavy atom. The third-order valence-corrected chi connectivity index (χ3v) is 3.53. The fourth-order valence-corrected chi connectivity index (χ4v) is 2.06. The van der Waals surface area contributed by atoms with E-state index >= 15 is 0 Å². The highest BCUT2D eigenvalue weighted by atomic mass is 32.1. The molecule has 2 aromatic rings. The van der Waals surface area contributed by atoms with Crippen molar-refractivity contribution < 1.29 is 0 Å². The highest BCUT2D eigenvalue weighted by molar-refractivity contribution is 7.09. The molecule has 0 aromatic carbocycles. The summed E-state index contributed by atoms with van der Waals surface area (Å²) >= 11 is 1.66. The number of thiazole rings is 1. The maximum atomic E-state index is 4.27. The van der Waals surface area contributed by atoms with Crippen LogP contribution in [-0.2, 0) is 13.6 Å². The molecule has 0 saturated heterocycles. The quantitative estimate of drug-likeness (QED) is 0.874. The van der Waals surface area contributed by atoms with Gasteiger partial charge in [-0.3, -0.25) is 0 Å². The van der Waals surface area contributed by atoms with Gasteiger partial charge in [0.25, 0.3) is 0 Å². The first-order chi connectivity index (χ1) is 7.68. The molecule has 2 rings (SSSR count). The van der Waals surface area contributed by atoms with Crippen LogP contribution in [0.1, 0.15) is 29.6 Å². The number of aromatic nitrogens is 4. The molecule has 1 atom stereocenters. The lowest BCUT2D eigenvalue weighted by Gasteiger charge is -2.10. The Morgan fingerprint density at radius 2 is 2.31 bits per heavy atom. The molecule has 1 N–H and O–H groups in total. The van der Waals surface area contributed by atoms with Gasteiger partial charge >= 0.3 is 0 Å². The maximum Gasteiger partial charge on any atom is 0.146 e. The van der Waals surface area contributed by atoms with E-state index < -0.39 is 0 Å². The SMILES string of the molecule is Cc1nnc(CNC(C)c2nccs2)n1C. The molecule has 0 aliphatic rings. The Balaban J connectivity index is 1.95. The molecule has 86 valence electrons. The van der Waals surface area contributed by atoms with Gasteiger partial charge in [0.15, 0.2) is 0 Å². The van der Waals surface area contributed by atoms with Gasteiger partial charge in [0.05, 0.1) is 12.6 Å². The number of hydrogen-bond donors (Lipinski definition) is 1. The average Bonchev–Trinajstić information content (AvgIpc) is 2.89. The van der Waals surface area contributed by atoms with Gasteiger partial charge in [-0.15, -0.1) is 21.5 Å². The molecule has 0 aliphatic heterocycles. The van der Waals surface area contributed by atoms with Crippen molar-refractivity contribution in [2.24, 2.45) is 7.05 Å². The van der Waals surface area contributed by atoms with Crippen LogP contribution in [-0.4, -0.2) is 19.7 Å². The molecule has 0 bridgehead atoms. The van der Waals surface area contributed by atoms with Crippen LogP contribution >= 0.6 is 11.3 Å². The van der Waals surface area contributed by atoms with Gasteiger partial charge in [0.1, 0.15) is 16.7 Å². The van der Waals surface area contributed by atoms with Gasteiger partial charge < -0.3 is 9.88 Å². The molecule has 2 aromatic heterocycles. The number of nitrogens with zero attached hydrogens (tertiary/aromatic N) is 4. The zero-order valence-corrected chi connectivity index (χ0v) is 10.5. The maximum absolute atomic E-state index is 4.27. The second-order valence-corrected chi connectivity index (χ2v) is 4.62. The van der Waals surface area contributed by atoms with E-state index in [0.29, 0.717) is 6.54 Å². The summed E-state index contributed by atoms with van der Waals surface area (Å²) in [6.07, 6.45) is 1.82. The predicted molar refractivity (Wildman–Crippen MR) is 63.1 cm³/mol. The summed E-state index contributed by atoms with van der Waals surface area (Å²) in [6.45, 7) is 4.75. The summed E-state index contributed by atoms with van der Waals surface area (Å²) in [5.41, 5.74) is 0. The summed E-state index contributed by atoms with van der Waals surface area (Å²) in [7, 11) is 1.97. The van der Waals surface area contributed by atoms with Gasteiger partial charge in [-0.05, 0) is 13.8 Å². The number of rotatable bonds is 4. The molecule has 0 fully saturated rings. The molecule has 16 heavy (non-hydrogen) atoms. The third kappa shape index (κ3) is 2.28. The number of hydrogen-bond acceptors (Lipinski definition) is 5. The lowest BCUT2D eigenvalue weighted by atomic mass is 10.3. The van der Waals surface area contributed by atoms with Gasteiger partial charge in [0.2, 0.25) is 0 Å². The summed E-state index contributed by atoms with van der Waals surface area (Å²) in [4.78, 5) is 4.27. The molecule has 2 heterocycles. The van der Waals surface area contributed by atoms with Gasteiger partial charge in [-0.25, -0.2) is 4.98 Å². The molecule has 6 heteroatoms. The minimum Gasteiger partial charge on any atom is -0.317 e. The lowest BCUT2D eigenvalue weighted by Crippen LogP contribution is -2.20. The Labute approximate surface area is 98.5 Å². The smallest absolute Gasteiger partial charge is 0.146 e. The van der Waals surface area contributed by atoms with Crippen molar-refractivity contribution in [2.45, 2.75) is 26.4 Å². The van der Waals surface area contributed by atoms with E-state index in [-0.39, 0.29) is 6.04 Å². The van der Waals surface area contributed by atoms with E-state index in [4.69, 9.17) is 0 Å². The predicted octanol–water partition coefficient (Wildman–Crippen LogP) is 1.43. The van der Waals surface area contributed by atoms with E-state index in [9.17, 15) is 0 Å². The Morgan fingerprint density at radius 3 is 2.88 bits per heavy atom. The first kappa shape index (κ1) is 11.2. The van der Waals surface area contributed by atoms with E-state index in [1.165, 1.54) is 0 Å². The normalized spacial score (nSPS) is 12.9. The number of aryl methyl sites for hydroxylation is 1. The molecule has 0 radical (unpaired) electrons. The molecule has 0 spiro atoms. The second kappa shape index (κ2) is 4.71. The minimum absolute atomic E-state index is 0.247. The van der Waals surface area contributed by atoms with Crippen molar-refractivity contribution in [1.29, 1.82) is 0 Å². The second-order valence-electron chi connectivity index (χ2n) is 3.70. The van der Waals surface area contributed by atoms with Gasteiger partial charge in [0, 0.05) is 18.6 Å². The van der Waals surface area contributed by atoms with Crippen LogP contribution in [0.15, 0.2) is 11.6 Å². The van der Waals surface area contributed by atoms with Crippen LogP contribution in [0.5, 0.6) is 0 Å². The van der Waals surface area contributed by atoms with Crippen LogP contribution in [0.4, 0.5) is 0 Å². The number of nitrogens with one attached hydrogen (secondary N) is 1. The Bertz CT molecular complexity index is 448. The standard InChI is InChI=1S/C10H15N5S/c1-7(10-11-4-5-16-10)12-6-9-14-13-8(2)15(9)3/h4-5,7,12H,6H2,1-3H3. The van der Waals surface area contributed by atoms with Crippen LogP contribution in [0.25, 0.3) is 0 Å². The molecule has 0 saturated carbocycles. The summed E-state index contributed by atoms with van der Waals surface area (Å²) in [6, 6.07) is 0.247. The van der Waals surface area contributed by atoms with Crippen molar-refractivity contribution in [3.63, 3.8) is 0 Å². The van der Waals surface area contributed by atoms with E-state index in [2.05, 4.69) is 27.4 Å². The monoisotopic (exact) mass is 237 g/mol. The summed E-state index contributed by atoms with van der Waals surface area (Å²) in [5.74, 6) is 1.87.